The van der Waals surface area contributed by atoms with Gasteiger partial charge in [0.2, 0.25) is 0 Å². The van der Waals surface area contributed by atoms with Crippen molar-refractivity contribution in [3.63, 3.8) is 0 Å². The summed E-state index contributed by atoms with van der Waals surface area (Å²) >= 11 is 0. The van der Waals surface area contributed by atoms with Gasteiger partial charge in [-0.2, -0.15) is 0 Å². The number of nitrogens with zero attached hydrogens (tertiary/aromatic N) is 3. The third kappa shape index (κ3) is 4.18. The van der Waals surface area contributed by atoms with E-state index in [1.54, 1.807) is 0 Å². The normalized spacial score (nSPS) is 11.8. The highest BCUT2D eigenvalue weighted by Crippen LogP contribution is 2.42. The van der Waals surface area contributed by atoms with E-state index >= 15 is 0 Å². The molecule has 0 atom stereocenters. The molecule has 0 spiro atoms. The summed E-state index contributed by atoms with van der Waals surface area (Å²) in [4.78, 5) is 15.1. The van der Waals surface area contributed by atoms with Gasteiger partial charge in [-0.1, -0.05) is 121 Å². The summed E-state index contributed by atoms with van der Waals surface area (Å²) in [5, 5.41) is 11.0. The number of hydrogen-bond donors (Lipinski definition) is 0. The van der Waals surface area contributed by atoms with Gasteiger partial charge in [0.1, 0.15) is 0 Å². The fraction of sp³-hybridized carbons (Fsp3) is 0. The van der Waals surface area contributed by atoms with Crippen molar-refractivity contribution < 1.29 is 0 Å². The number of fused-ring (bicyclic) bond motifs is 3. The van der Waals surface area contributed by atoms with Crippen LogP contribution in [0.15, 0.2) is 164 Å². The van der Waals surface area contributed by atoms with Crippen LogP contribution < -0.4 is 0 Å². The predicted octanol–water partition coefficient (Wildman–Crippen LogP) is 11.7. The van der Waals surface area contributed by atoms with Crippen LogP contribution in [-0.4, -0.2) is 15.0 Å². The molecule has 8 aromatic carbocycles. The van der Waals surface area contributed by atoms with E-state index < -0.39 is 0 Å². The summed E-state index contributed by atoms with van der Waals surface area (Å²) in [5.41, 5.74) is 8.31. The van der Waals surface area contributed by atoms with Crippen LogP contribution >= 0.6 is 0 Å². The Bertz CT molecular complexity index is 2810. The summed E-state index contributed by atoms with van der Waals surface area (Å²) in [6, 6.07) is 54.1. The molecule has 48 heavy (non-hydrogen) atoms. The van der Waals surface area contributed by atoms with Gasteiger partial charge in [0, 0.05) is 34.5 Å². The van der Waals surface area contributed by atoms with Gasteiger partial charge in [0.15, 0.2) is 5.82 Å². The van der Waals surface area contributed by atoms with Gasteiger partial charge >= 0.3 is 0 Å². The minimum Gasteiger partial charge on any atom is -0.264 e. The topological polar surface area (TPSA) is 38.7 Å². The monoisotopic (exact) mass is 609 g/mol. The Morgan fingerprint density at radius 2 is 1.06 bits per heavy atom. The van der Waals surface area contributed by atoms with Crippen molar-refractivity contribution in [1.82, 2.24) is 15.0 Å². The third-order valence-electron chi connectivity index (χ3n) is 9.66. The van der Waals surface area contributed by atoms with Gasteiger partial charge in [-0.3, -0.25) is 4.98 Å². The highest BCUT2D eigenvalue weighted by Gasteiger charge is 2.18. The van der Waals surface area contributed by atoms with E-state index in [2.05, 4.69) is 145 Å². The zero-order valence-electron chi connectivity index (χ0n) is 25.9. The maximum atomic E-state index is 5.36. The molecule has 0 aliphatic rings. The summed E-state index contributed by atoms with van der Waals surface area (Å²) in [6.45, 7) is 0. The van der Waals surface area contributed by atoms with E-state index in [0.717, 1.165) is 49.8 Å². The molecule has 0 N–H and O–H groups in total. The number of rotatable bonds is 4. The highest BCUT2D eigenvalue weighted by atomic mass is 14.9. The molecular formula is C45H27N3. The van der Waals surface area contributed by atoms with Crippen molar-refractivity contribution in [1.29, 1.82) is 0 Å². The molecular weight excluding hydrogens is 583 g/mol. The van der Waals surface area contributed by atoms with Gasteiger partial charge in [-0.05, 0) is 90.1 Å². The quantitative estimate of drug-likeness (QED) is 0.186. The van der Waals surface area contributed by atoms with Crippen LogP contribution in [0.5, 0.6) is 0 Å². The molecule has 0 saturated carbocycles. The Kier molecular flexibility index (Phi) is 5.87. The van der Waals surface area contributed by atoms with Crippen molar-refractivity contribution in [3.05, 3.63) is 164 Å². The summed E-state index contributed by atoms with van der Waals surface area (Å²) in [6.07, 6.45) is 3.74. The number of pyridine rings is 1. The highest BCUT2D eigenvalue weighted by molar-refractivity contribution is 6.25. The first kappa shape index (κ1) is 26.7. The molecule has 0 amide bonds. The summed E-state index contributed by atoms with van der Waals surface area (Å²) in [7, 11) is 0. The van der Waals surface area contributed by atoms with Crippen LogP contribution in [-0.2, 0) is 0 Å². The lowest BCUT2D eigenvalue weighted by Gasteiger charge is -2.16. The minimum absolute atomic E-state index is 0.696. The van der Waals surface area contributed by atoms with Gasteiger partial charge < -0.3 is 0 Å². The van der Waals surface area contributed by atoms with Crippen LogP contribution in [0.4, 0.5) is 0 Å². The average Bonchev–Trinajstić information content (AvgIpc) is 3.17. The second kappa shape index (κ2) is 10.5. The van der Waals surface area contributed by atoms with Crippen LogP contribution in [0, 0.1) is 0 Å². The standard InChI is InChI=1S/C45H27N3/c1-2-9-32(10-3-1)44-43-38-14-5-4-8-28(38)19-22-40(43)47-45(48-44)36-25-34(33-13-7-23-46-27-33)24-35(26-36)37-20-17-31-16-15-29-11-6-12-30-18-21-39(37)42(31)41(29)30/h1-27H. The SMILES string of the molecule is c1ccc(-c2nc(-c3cc(-c4cccnc4)cc(-c4ccc5ccc6cccc7ccc4c5c67)c3)nc3ccc4ccccc4c23)cc1. The van der Waals surface area contributed by atoms with Crippen molar-refractivity contribution >= 4 is 54.0 Å². The average molecular weight is 610 g/mol. The maximum absolute atomic E-state index is 5.36. The third-order valence-corrected chi connectivity index (χ3v) is 9.66. The molecule has 0 unspecified atom stereocenters. The molecule has 2 aromatic heterocycles. The Hall–Kier alpha value is -6.45. The lowest BCUT2D eigenvalue weighted by Crippen LogP contribution is -1.97. The zero-order valence-corrected chi connectivity index (χ0v) is 25.9. The van der Waals surface area contributed by atoms with Crippen LogP contribution in [0.3, 0.4) is 0 Å². The molecule has 10 aromatic rings. The van der Waals surface area contributed by atoms with E-state index in [0.29, 0.717) is 5.82 Å². The second-order valence-electron chi connectivity index (χ2n) is 12.5. The molecule has 0 saturated heterocycles. The minimum atomic E-state index is 0.696. The molecule has 3 heteroatoms. The first-order chi connectivity index (χ1) is 23.8. The largest absolute Gasteiger partial charge is 0.264 e. The predicted molar refractivity (Wildman–Crippen MR) is 200 cm³/mol. The van der Waals surface area contributed by atoms with Crippen molar-refractivity contribution in [2.75, 3.05) is 0 Å². The van der Waals surface area contributed by atoms with Crippen LogP contribution in [0.2, 0.25) is 0 Å². The summed E-state index contributed by atoms with van der Waals surface area (Å²) in [5.74, 6) is 0.696. The van der Waals surface area contributed by atoms with Gasteiger partial charge in [-0.25, -0.2) is 9.97 Å². The summed E-state index contributed by atoms with van der Waals surface area (Å²) < 4.78 is 0. The van der Waals surface area contributed by atoms with Gasteiger partial charge in [0.25, 0.3) is 0 Å². The first-order valence-electron chi connectivity index (χ1n) is 16.3. The maximum Gasteiger partial charge on any atom is 0.160 e. The second-order valence-corrected chi connectivity index (χ2v) is 12.5. The smallest absolute Gasteiger partial charge is 0.160 e. The first-order valence-corrected chi connectivity index (χ1v) is 16.3. The van der Waals surface area contributed by atoms with Crippen LogP contribution in [0.25, 0.3) is 98.9 Å². The number of benzene rings is 8. The fourth-order valence-electron chi connectivity index (χ4n) is 7.44. The van der Waals surface area contributed by atoms with E-state index in [4.69, 9.17) is 9.97 Å². The Labute approximate surface area is 277 Å². The van der Waals surface area contributed by atoms with E-state index in [-0.39, 0.29) is 0 Å². The van der Waals surface area contributed by atoms with E-state index in [1.165, 1.54) is 43.3 Å². The number of hydrogen-bond acceptors (Lipinski definition) is 3. The lowest BCUT2D eigenvalue weighted by atomic mass is 9.88. The Morgan fingerprint density at radius 1 is 0.375 bits per heavy atom. The van der Waals surface area contributed by atoms with Gasteiger partial charge in [-0.15, -0.1) is 0 Å². The molecule has 10 rings (SSSR count). The molecule has 0 bridgehead atoms. The Balaban J connectivity index is 1.27. The molecule has 0 radical (unpaired) electrons. The van der Waals surface area contributed by atoms with Crippen molar-refractivity contribution in [2.24, 2.45) is 0 Å². The molecule has 0 aliphatic heterocycles. The number of aromatic nitrogens is 3. The van der Waals surface area contributed by atoms with E-state index in [1.807, 2.05) is 24.5 Å². The molecule has 2 heterocycles. The van der Waals surface area contributed by atoms with Crippen molar-refractivity contribution in [2.45, 2.75) is 0 Å². The van der Waals surface area contributed by atoms with E-state index in [9.17, 15) is 0 Å². The molecule has 222 valence electrons. The fourth-order valence-corrected chi connectivity index (χ4v) is 7.44. The Morgan fingerprint density at radius 3 is 1.92 bits per heavy atom. The van der Waals surface area contributed by atoms with Gasteiger partial charge in [0.05, 0.1) is 11.2 Å². The lowest BCUT2D eigenvalue weighted by molar-refractivity contribution is 1.23. The molecule has 3 nitrogen and oxygen atoms in total. The van der Waals surface area contributed by atoms with Crippen molar-refractivity contribution in [3.8, 4) is 44.9 Å². The van der Waals surface area contributed by atoms with Crippen LogP contribution in [0.1, 0.15) is 0 Å². The molecule has 0 aliphatic carbocycles. The molecule has 0 fully saturated rings. The zero-order chi connectivity index (χ0) is 31.6.